The van der Waals surface area contributed by atoms with Crippen molar-refractivity contribution in [2.75, 3.05) is 18.5 Å². The first-order valence-electron chi connectivity index (χ1n) is 5.45. The largest absolute Gasteiger partial charge is 0.419 e. The van der Waals surface area contributed by atoms with Crippen LogP contribution in [0, 0.1) is 0 Å². The molecule has 17 heavy (non-hydrogen) atoms. The minimum absolute atomic E-state index is 0.0157. The Morgan fingerprint density at radius 3 is 2.94 bits per heavy atom. The Labute approximate surface area is 97.0 Å². The molecule has 2 rings (SSSR count). The van der Waals surface area contributed by atoms with Gasteiger partial charge < -0.3 is 10.1 Å². The molecule has 0 saturated carbocycles. The van der Waals surface area contributed by atoms with E-state index >= 15 is 0 Å². The quantitative estimate of drug-likeness (QED) is 0.890. The average Bonchev–Trinajstić information content (AvgIpc) is 2.78. The van der Waals surface area contributed by atoms with E-state index in [0.717, 1.165) is 18.9 Å². The van der Waals surface area contributed by atoms with Crippen molar-refractivity contribution in [2.45, 2.75) is 25.1 Å². The smallest absolute Gasteiger partial charge is 0.376 e. The highest BCUT2D eigenvalue weighted by atomic mass is 19.4. The zero-order valence-electron chi connectivity index (χ0n) is 9.13. The number of nitrogens with zero attached hydrogens (tertiary/aromatic N) is 1. The second kappa shape index (κ2) is 4.91. The maximum Gasteiger partial charge on any atom is 0.419 e. The summed E-state index contributed by atoms with van der Waals surface area (Å²) in [6.07, 6.45) is -1.22. The molecule has 1 N–H and O–H groups in total. The molecule has 0 bridgehead atoms. The molecule has 1 aliphatic heterocycles. The lowest BCUT2D eigenvalue weighted by Gasteiger charge is -2.15. The Morgan fingerprint density at radius 1 is 1.47 bits per heavy atom. The van der Waals surface area contributed by atoms with Gasteiger partial charge in [0.15, 0.2) is 0 Å². The fourth-order valence-electron chi connectivity index (χ4n) is 1.79. The van der Waals surface area contributed by atoms with E-state index in [1.807, 2.05) is 0 Å². The predicted octanol–water partition coefficient (Wildman–Crippen LogP) is 2.69. The molecule has 94 valence electrons. The molecule has 0 spiro atoms. The van der Waals surface area contributed by atoms with Crippen LogP contribution in [0.3, 0.4) is 0 Å². The van der Waals surface area contributed by atoms with Crippen LogP contribution in [0.25, 0.3) is 0 Å². The van der Waals surface area contributed by atoms with Crippen molar-refractivity contribution in [3.05, 3.63) is 23.9 Å². The third-order valence-electron chi connectivity index (χ3n) is 2.63. The van der Waals surface area contributed by atoms with Gasteiger partial charge in [0.2, 0.25) is 0 Å². The monoisotopic (exact) mass is 246 g/mol. The maximum absolute atomic E-state index is 12.6. The summed E-state index contributed by atoms with van der Waals surface area (Å²) in [6, 6.07) is 2.30. The first-order chi connectivity index (χ1) is 8.07. The zero-order chi connectivity index (χ0) is 12.3. The van der Waals surface area contributed by atoms with Crippen molar-refractivity contribution in [2.24, 2.45) is 0 Å². The van der Waals surface area contributed by atoms with Crippen molar-refractivity contribution in [3.63, 3.8) is 0 Å². The van der Waals surface area contributed by atoms with Gasteiger partial charge in [-0.05, 0) is 25.0 Å². The standard InChI is InChI=1S/C11H13F3N2O/c12-11(13,14)9-4-1-5-15-10(9)16-7-8-3-2-6-17-8/h1,4-5,8H,2-3,6-7H2,(H,15,16)/t8-/m0/s1. The Morgan fingerprint density at radius 2 is 2.29 bits per heavy atom. The number of nitrogens with one attached hydrogen (secondary N) is 1. The Hall–Kier alpha value is -1.30. The van der Waals surface area contributed by atoms with Gasteiger partial charge in [-0.2, -0.15) is 13.2 Å². The summed E-state index contributed by atoms with van der Waals surface area (Å²) in [4.78, 5) is 3.72. The number of aromatic nitrogens is 1. The maximum atomic E-state index is 12.6. The van der Waals surface area contributed by atoms with Gasteiger partial charge >= 0.3 is 6.18 Å². The summed E-state index contributed by atoms with van der Waals surface area (Å²) < 4.78 is 43.2. The molecule has 1 saturated heterocycles. The van der Waals surface area contributed by atoms with Gasteiger partial charge in [-0.1, -0.05) is 0 Å². The van der Waals surface area contributed by atoms with Crippen LogP contribution in [-0.4, -0.2) is 24.2 Å². The molecular formula is C11H13F3N2O. The summed E-state index contributed by atoms with van der Waals surface area (Å²) in [5.41, 5.74) is -0.738. The van der Waals surface area contributed by atoms with Crippen LogP contribution in [0.15, 0.2) is 18.3 Å². The van der Waals surface area contributed by atoms with Crippen LogP contribution in [0.2, 0.25) is 0 Å². The third kappa shape index (κ3) is 3.09. The average molecular weight is 246 g/mol. The minimum Gasteiger partial charge on any atom is -0.376 e. The molecule has 1 fully saturated rings. The molecule has 3 nitrogen and oxygen atoms in total. The van der Waals surface area contributed by atoms with E-state index in [2.05, 4.69) is 10.3 Å². The molecule has 0 unspecified atom stereocenters. The number of hydrogen-bond acceptors (Lipinski definition) is 3. The van der Waals surface area contributed by atoms with Crippen LogP contribution in [-0.2, 0) is 10.9 Å². The lowest BCUT2D eigenvalue weighted by atomic mass is 10.2. The van der Waals surface area contributed by atoms with Gasteiger partial charge in [-0.15, -0.1) is 0 Å². The van der Waals surface area contributed by atoms with Crippen molar-refractivity contribution < 1.29 is 17.9 Å². The van der Waals surface area contributed by atoms with Gasteiger partial charge in [-0.3, -0.25) is 0 Å². The molecule has 6 heteroatoms. The highest BCUT2D eigenvalue weighted by Gasteiger charge is 2.34. The van der Waals surface area contributed by atoms with Crippen molar-refractivity contribution in [3.8, 4) is 0 Å². The van der Waals surface area contributed by atoms with Crippen molar-refractivity contribution in [1.82, 2.24) is 4.98 Å². The lowest BCUT2D eigenvalue weighted by molar-refractivity contribution is -0.137. The summed E-state index contributed by atoms with van der Waals surface area (Å²) in [7, 11) is 0. The van der Waals surface area contributed by atoms with Crippen LogP contribution in [0.5, 0.6) is 0 Å². The Bertz CT molecular complexity index is 375. The number of halogens is 3. The van der Waals surface area contributed by atoms with Crippen LogP contribution in [0.4, 0.5) is 19.0 Å². The highest BCUT2D eigenvalue weighted by Crippen LogP contribution is 2.33. The molecule has 2 heterocycles. The fourth-order valence-corrected chi connectivity index (χ4v) is 1.79. The number of hydrogen-bond donors (Lipinski definition) is 1. The van der Waals surface area contributed by atoms with E-state index in [-0.39, 0.29) is 11.9 Å². The zero-order valence-corrected chi connectivity index (χ0v) is 9.13. The molecule has 1 aromatic heterocycles. The molecule has 0 amide bonds. The van der Waals surface area contributed by atoms with E-state index in [0.29, 0.717) is 13.2 Å². The van der Waals surface area contributed by atoms with Crippen LogP contribution in [0.1, 0.15) is 18.4 Å². The second-order valence-electron chi connectivity index (χ2n) is 3.91. The van der Waals surface area contributed by atoms with Gasteiger partial charge in [0.25, 0.3) is 0 Å². The summed E-state index contributed by atoms with van der Waals surface area (Å²) in [6.45, 7) is 1.04. The van der Waals surface area contributed by atoms with E-state index in [4.69, 9.17) is 4.74 Å². The molecule has 1 aliphatic rings. The molecule has 1 atom stereocenters. The lowest BCUT2D eigenvalue weighted by Crippen LogP contribution is -2.21. The fraction of sp³-hybridized carbons (Fsp3) is 0.545. The molecular weight excluding hydrogens is 233 g/mol. The first kappa shape index (κ1) is 12.2. The summed E-state index contributed by atoms with van der Waals surface area (Å²) >= 11 is 0. The van der Waals surface area contributed by atoms with Crippen LogP contribution >= 0.6 is 0 Å². The molecule has 0 aliphatic carbocycles. The number of ether oxygens (including phenoxy) is 1. The van der Waals surface area contributed by atoms with E-state index < -0.39 is 11.7 Å². The minimum atomic E-state index is -4.38. The SMILES string of the molecule is FC(F)(F)c1cccnc1NC[C@@H]1CCCO1. The van der Waals surface area contributed by atoms with Crippen molar-refractivity contribution >= 4 is 5.82 Å². The van der Waals surface area contributed by atoms with E-state index in [1.165, 1.54) is 12.3 Å². The summed E-state index contributed by atoms with van der Waals surface area (Å²) in [5, 5.41) is 2.71. The number of rotatable bonds is 3. The number of alkyl halides is 3. The van der Waals surface area contributed by atoms with Gasteiger partial charge in [-0.25, -0.2) is 4.98 Å². The second-order valence-corrected chi connectivity index (χ2v) is 3.91. The van der Waals surface area contributed by atoms with Gasteiger partial charge in [0.05, 0.1) is 11.7 Å². The molecule has 1 aromatic rings. The topological polar surface area (TPSA) is 34.2 Å². The first-order valence-corrected chi connectivity index (χ1v) is 5.45. The van der Waals surface area contributed by atoms with Gasteiger partial charge in [0.1, 0.15) is 5.82 Å². The Kier molecular flexibility index (Phi) is 3.51. The van der Waals surface area contributed by atoms with E-state index in [9.17, 15) is 13.2 Å². The number of anilines is 1. The normalized spacial score (nSPS) is 20.5. The molecule has 0 aromatic carbocycles. The highest BCUT2D eigenvalue weighted by molar-refractivity contribution is 5.45. The van der Waals surface area contributed by atoms with E-state index in [1.54, 1.807) is 0 Å². The molecule has 0 radical (unpaired) electrons. The Balaban J connectivity index is 2.04. The van der Waals surface area contributed by atoms with Gasteiger partial charge in [0, 0.05) is 19.3 Å². The number of pyridine rings is 1. The summed E-state index contributed by atoms with van der Waals surface area (Å²) in [5.74, 6) is -0.129. The van der Waals surface area contributed by atoms with Crippen molar-refractivity contribution in [1.29, 1.82) is 0 Å². The predicted molar refractivity (Wildman–Crippen MR) is 56.7 cm³/mol. The third-order valence-corrected chi connectivity index (χ3v) is 2.63. The van der Waals surface area contributed by atoms with Crippen LogP contribution < -0.4 is 5.32 Å².